The number of alkyl halides is 25. The largest absolute Gasteiger partial charge is 0.461 e. The number of halogens is 25. The highest BCUT2D eigenvalue weighted by molar-refractivity contribution is 5.87. The molecule has 43 heavy (non-hydrogen) atoms. The average molecular weight is 704 g/mol. The Kier molecular flexibility index (Phi) is 9.39. The molecule has 0 N–H and O–H groups in total. The third-order valence-electron chi connectivity index (χ3n) is 4.86. The molecule has 0 bridgehead atoms. The Morgan fingerprint density at radius 3 is 0.814 bits per heavy atom. The molecule has 0 radical (unpaired) electrons. The van der Waals surface area contributed by atoms with Gasteiger partial charge in [0, 0.05) is 5.57 Å². The first-order valence-electron chi connectivity index (χ1n) is 9.19. The van der Waals surface area contributed by atoms with E-state index < -0.39 is 83.1 Å². The molecule has 0 aromatic heterocycles. The monoisotopic (exact) mass is 704 g/mol. The van der Waals surface area contributed by atoms with Gasteiger partial charge >= 0.3 is 77.5 Å². The van der Waals surface area contributed by atoms with Crippen molar-refractivity contribution in [1.82, 2.24) is 0 Å². The molecule has 2 nitrogen and oxygen atoms in total. The maximum absolute atomic E-state index is 14.4. The topological polar surface area (TPSA) is 26.3 Å². The van der Waals surface area contributed by atoms with Crippen LogP contribution in [0.5, 0.6) is 0 Å². The molecule has 0 amide bonds. The Labute approximate surface area is 217 Å². The van der Waals surface area contributed by atoms with Crippen molar-refractivity contribution in [3.63, 3.8) is 0 Å². The quantitative estimate of drug-likeness (QED) is 0.122. The Balaban J connectivity index is 7.70. The fraction of sp³-hybridized carbons (Fsp3) is 0.812. The van der Waals surface area contributed by atoms with E-state index in [1.807, 2.05) is 0 Å². The summed E-state index contributed by atoms with van der Waals surface area (Å²) in [5.41, 5.74) is -1.88. The molecule has 0 aliphatic carbocycles. The minimum atomic E-state index is -9.66. The Hall–Kier alpha value is -2.54. The van der Waals surface area contributed by atoms with Crippen molar-refractivity contribution < 1.29 is 119 Å². The molecule has 0 fully saturated rings. The van der Waals surface area contributed by atoms with E-state index in [-0.39, 0.29) is 6.92 Å². The molecular formula is C16H5F25O2. The zero-order valence-electron chi connectivity index (χ0n) is 19.0. The van der Waals surface area contributed by atoms with Crippen LogP contribution in [-0.2, 0) is 9.53 Å². The van der Waals surface area contributed by atoms with Crippen LogP contribution in [0.4, 0.5) is 110 Å². The summed E-state index contributed by atoms with van der Waals surface area (Å²) in [5.74, 6) is -95.4. The number of rotatable bonds is 11. The summed E-state index contributed by atoms with van der Waals surface area (Å²) in [6.45, 7) is 2.14. The smallest absolute Gasteiger partial charge is 0.413 e. The van der Waals surface area contributed by atoms with Crippen molar-refractivity contribution in [2.45, 2.75) is 78.4 Å². The summed E-state index contributed by atoms with van der Waals surface area (Å²) < 4.78 is 334. The zero-order chi connectivity index (χ0) is 35.9. The Morgan fingerprint density at radius 1 is 0.395 bits per heavy atom. The Morgan fingerprint density at radius 2 is 0.605 bits per heavy atom. The molecule has 0 spiro atoms. The van der Waals surface area contributed by atoms with Crippen LogP contribution in [0.25, 0.3) is 0 Å². The van der Waals surface area contributed by atoms with Gasteiger partial charge < -0.3 is 4.74 Å². The van der Waals surface area contributed by atoms with Gasteiger partial charge in [-0.1, -0.05) is 6.58 Å². The molecule has 0 heterocycles. The van der Waals surface area contributed by atoms with Crippen LogP contribution in [0.3, 0.4) is 0 Å². The summed E-state index contributed by atoms with van der Waals surface area (Å²) in [5, 5.41) is 0. The second-order valence-corrected chi connectivity index (χ2v) is 7.93. The molecule has 0 aromatic carbocycles. The van der Waals surface area contributed by atoms with Crippen LogP contribution < -0.4 is 0 Å². The van der Waals surface area contributed by atoms with Gasteiger partial charge in [0.2, 0.25) is 0 Å². The first-order valence-corrected chi connectivity index (χ1v) is 9.19. The zero-order valence-corrected chi connectivity index (χ0v) is 19.0. The summed E-state index contributed by atoms with van der Waals surface area (Å²) in [7, 11) is 0. The summed E-state index contributed by atoms with van der Waals surface area (Å²) in [4.78, 5) is 11.1. The predicted molar refractivity (Wildman–Crippen MR) is 81.4 cm³/mol. The van der Waals surface area contributed by atoms with E-state index in [4.69, 9.17) is 0 Å². The first-order chi connectivity index (χ1) is 18.1. The number of hydrogen-bond donors (Lipinski definition) is 0. The van der Waals surface area contributed by atoms with Gasteiger partial charge in [-0.05, 0) is 6.92 Å². The highest BCUT2D eigenvalue weighted by Crippen LogP contribution is 2.67. The number of carbonyl (C=O) groups is 1. The minimum absolute atomic E-state index is 0.0347. The maximum atomic E-state index is 14.4. The van der Waals surface area contributed by atoms with Crippen LogP contribution in [-0.4, -0.2) is 77.5 Å². The SMILES string of the molecule is C=C(C)C(=O)OC(F)(C(F)(F)C(F)(F)F)C(F)(F)C(F)(F)C(F)(F)C(F)(F)C(F)(F)C(F)(F)C(F)(F)C(F)(F)C(F)(F)F. The van der Waals surface area contributed by atoms with E-state index in [0.29, 0.717) is 0 Å². The van der Waals surface area contributed by atoms with Gasteiger partial charge in [-0.15, -0.1) is 0 Å². The lowest BCUT2D eigenvalue weighted by molar-refractivity contribution is -0.491. The fourth-order valence-corrected chi connectivity index (χ4v) is 2.29. The van der Waals surface area contributed by atoms with E-state index in [1.54, 1.807) is 0 Å². The van der Waals surface area contributed by atoms with Crippen molar-refractivity contribution in [1.29, 1.82) is 0 Å². The maximum Gasteiger partial charge on any atom is 0.461 e. The highest BCUT2D eigenvalue weighted by atomic mass is 19.4. The molecule has 1 unspecified atom stereocenters. The second kappa shape index (κ2) is 9.98. The molecule has 256 valence electrons. The van der Waals surface area contributed by atoms with E-state index in [2.05, 4.69) is 11.3 Å². The molecule has 0 saturated heterocycles. The van der Waals surface area contributed by atoms with Gasteiger partial charge in [0.25, 0.3) is 0 Å². The lowest BCUT2D eigenvalue weighted by Crippen LogP contribution is -2.79. The van der Waals surface area contributed by atoms with Gasteiger partial charge in [0.1, 0.15) is 0 Å². The van der Waals surface area contributed by atoms with E-state index >= 15 is 0 Å². The van der Waals surface area contributed by atoms with Crippen molar-refractivity contribution in [3.05, 3.63) is 12.2 Å². The lowest BCUT2D eigenvalue weighted by Gasteiger charge is -2.46. The van der Waals surface area contributed by atoms with Gasteiger partial charge in [-0.2, -0.15) is 110 Å². The van der Waals surface area contributed by atoms with Crippen LogP contribution in [0.2, 0.25) is 0 Å². The lowest BCUT2D eigenvalue weighted by atomic mass is 9.84. The molecular weight excluding hydrogens is 699 g/mol. The summed E-state index contributed by atoms with van der Waals surface area (Å²) in [6, 6.07) is 0. The summed E-state index contributed by atoms with van der Waals surface area (Å²) >= 11 is 0. The van der Waals surface area contributed by atoms with Crippen molar-refractivity contribution >= 4 is 5.97 Å². The van der Waals surface area contributed by atoms with E-state index in [1.165, 1.54) is 0 Å². The third-order valence-corrected chi connectivity index (χ3v) is 4.86. The van der Waals surface area contributed by atoms with E-state index in [9.17, 15) is 115 Å². The predicted octanol–water partition coefficient (Wildman–Crippen LogP) is 8.61. The van der Waals surface area contributed by atoms with Crippen molar-refractivity contribution in [2.24, 2.45) is 0 Å². The highest BCUT2D eigenvalue weighted by Gasteiger charge is 3.00. The standard InChI is InChI=1S/C16H5F25O2/c1-3(2)4(42)43-14(35,13(33,34)16(39,40)41)11(29,30)9(25,26)7(21,22)5(17,18)6(19,20)8(23,24)10(27,28)12(31,32)15(36,37)38/h1H2,2H3. The van der Waals surface area contributed by atoms with Crippen LogP contribution in [0, 0.1) is 0 Å². The molecule has 27 heteroatoms. The molecule has 0 aliphatic heterocycles. The fourth-order valence-electron chi connectivity index (χ4n) is 2.29. The van der Waals surface area contributed by atoms with Crippen molar-refractivity contribution in [2.75, 3.05) is 0 Å². The number of hydrogen-bond acceptors (Lipinski definition) is 2. The molecule has 0 rings (SSSR count). The van der Waals surface area contributed by atoms with Gasteiger partial charge in [-0.25, -0.2) is 4.79 Å². The number of carbonyl (C=O) groups excluding carboxylic acids is 1. The van der Waals surface area contributed by atoms with Gasteiger partial charge in [0.15, 0.2) is 0 Å². The number of ether oxygens (including phenoxy) is 1. The average Bonchev–Trinajstić information content (AvgIpc) is 2.75. The second-order valence-electron chi connectivity index (χ2n) is 7.93. The third kappa shape index (κ3) is 4.98. The van der Waals surface area contributed by atoms with Crippen LogP contribution >= 0.6 is 0 Å². The summed E-state index contributed by atoms with van der Waals surface area (Å²) in [6.07, 6.45) is -16.3. The van der Waals surface area contributed by atoms with Gasteiger partial charge in [-0.3, -0.25) is 0 Å². The Bertz CT molecular complexity index is 1080. The molecule has 0 aliphatic rings. The van der Waals surface area contributed by atoms with Crippen LogP contribution in [0.1, 0.15) is 6.92 Å². The molecule has 0 aromatic rings. The van der Waals surface area contributed by atoms with Crippen LogP contribution in [0.15, 0.2) is 12.2 Å². The molecule has 0 saturated carbocycles. The minimum Gasteiger partial charge on any atom is -0.413 e. The van der Waals surface area contributed by atoms with Crippen molar-refractivity contribution in [3.8, 4) is 0 Å². The number of esters is 1. The normalized spacial score (nSPS) is 17.4. The van der Waals surface area contributed by atoms with Gasteiger partial charge in [0.05, 0.1) is 0 Å². The first kappa shape index (κ1) is 40.5. The van der Waals surface area contributed by atoms with E-state index in [0.717, 1.165) is 0 Å². The molecule has 1 atom stereocenters.